The normalized spacial score (nSPS) is 11.4. The third-order valence-electron chi connectivity index (χ3n) is 1.66. The van der Waals surface area contributed by atoms with Crippen LogP contribution in [0.1, 0.15) is 36.3 Å². The van der Waals surface area contributed by atoms with Gasteiger partial charge in [-0.25, -0.2) is 9.78 Å². The standard InChI is InChI=1S/C9H11NO3S/c1-9(2,3)5-4-14-7(10-5)6(11)8(12)13/h4H,1-3H3,(H,12,13). The Labute approximate surface area is 85.6 Å². The van der Waals surface area contributed by atoms with Crippen LogP contribution in [0.15, 0.2) is 5.38 Å². The molecule has 1 N–H and O–H groups in total. The van der Waals surface area contributed by atoms with E-state index in [9.17, 15) is 9.59 Å². The summed E-state index contributed by atoms with van der Waals surface area (Å²) in [5.74, 6) is -2.40. The quantitative estimate of drug-likeness (QED) is 0.600. The maximum Gasteiger partial charge on any atom is 0.379 e. The Morgan fingerprint density at radius 2 is 2.00 bits per heavy atom. The number of carboxylic acid groups (broad SMARTS) is 1. The molecule has 76 valence electrons. The van der Waals surface area contributed by atoms with Gasteiger partial charge in [-0.3, -0.25) is 4.79 Å². The van der Waals surface area contributed by atoms with Gasteiger partial charge in [0.05, 0.1) is 5.69 Å². The lowest BCUT2D eigenvalue weighted by Crippen LogP contribution is -2.15. The van der Waals surface area contributed by atoms with Gasteiger partial charge in [0, 0.05) is 10.8 Å². The van der Waals surface area contributed by atoms with Crippen LogP contribution in [0.3, 0.4) is 0 Å². The number of hydrogen-bond donors (Lipinski definition) is 1. The summed E-state index contributed by atoms with van der Waals surface area (Å²) in [5, 5.41) is 10.2. The highest BCUT2D eigenvalue weighted by Gasteiger charge is 2.23. The van der Waals surface area contributed by atoms with Crippen LogP contribution in [0.5, 0.6) is 0 Å². The van der Waals surface area contributed by atoms with Gasteiger partial charge in [0.2, 0.25) is 0 Å². The minimum atomic E-state index is -1.46. The molecule has 0 bridgehead atoms. The molecule has 0 aliphatic heterocycles. The first kappa shape index (κ1) is 10.8. The van der Waals surface area contributed by atoms with Crippen LogP contribution in [-0.4, -0.2) is 21.8 Å². The van der Waals surface area contributed by atoms with Crippen molar-refractivity contribution in [3.63, 3.8) is 0 Å². The highest BCUT2D eigenvalue weighted by molar-refractivity contribution is 7.12. The summed E-state index contributed by atoms with van der Waals surface area (Å²) in [4.78, 5) is 25.4. The third kappa shape index (κ3) is 2.17. The molecule has 0 fully saturated rings. The van der Waals surface area contributed by atoms with E-state index in [1.54, 1.807) is 5.38 Å². The van der Waals surface area contributed by atoms with Crippen molar-refractivity contribution in [1.82, 2.24) is 4.98 Å². The fraction of sp³-hybridized carbons (Fsp3) is 0.444. The predicted molar refractivity (Wildman–Crippen MR) is 52.8 cm³/mol. The molecule has 0 spiro atoms. The SMILES string of the molecule is CC(C)(C)c1csc(C(=O)C(=O)O)n1. The van der Waals surface area contributed by atoms with Gasteiger partial charge in [0.25, 0.3) is 5.78 Å². The summed E-state index contributed by atoms with van der Waals surface area (Å²) in [5.41, 5.74) is 0.583. The van der Waals surface area contributed by atoms with Crippen LogP contribution in [0, 0.1) is 0 Å². The van der Waals surface area contributed by atoms with Crippen molar-refractivity contribution in [2.75, 3.05) is 0 Å². The van der Waals surface area contributed by atoms with Crippen LogP contribution in [0.2, 0.25) is 0 Å². The second-order valence-electron chi connectivity index (χ2n) is 3.92. The summed E-state index contributed by atoms with van der Waals surface area (Å²) in [7, 11) is 0. The van der Waals surface area contributed by atoms with Crippen LogP contribution in [0.25, 0.3) is 0 Å². The van der Waals surface area contributed by atoms with Crippen LogP contribution >= 0.6 is 11.3 Å². The molecule has 0 aromatic carbocycles. The number of hydrogen-bond acceptors (Lipinski definition) is 4. The molecule has 0 aliphatic rings. The van der Waals surface area contributed by atoms with Gasteiger partial charge in [0.1, 0.15) is 0 Å². The average Bonchev–Trinajstić information content (AvgIpc) is 2.49. The van der Waals surface area contributed by atoms with Crippen molar-refractivity contribution in [1.29, 1.82) is 0 Å². The first-order chi connectivity index (χ1) is 6.32. The second-order valence-corrected chi connectivity index (χ2v) is 4.78. The largest absolute Gasteiger partial charge is 0.475 e. The van der Waals surface area contributed by atoms with Crippen LogP contribution in [0.4, 0.5) is 0 Å². The number of carboxylic acids is 1. The maximum atomic E-state index is 11.0. The fourth-order valence-electron chi connectivity index (χ4n) is 0.814. The Balaban J connectivity index is 3.00. The van der Waals surface area contributed by atoms with Crippen molar-refractivity contribution >= 4 is 23.1 Å². The highest BCUT2D eigenvalue weighted by Crippen LogP contribution is 2.23. The average molecular weight is 213 g/mol. The van der Waals surface area contributed by atoms with Crippen LogP contribution in [-0.2, 0) is 10.2 Å². The Bertz CT molecular complexity index is 376. The van der Waals surface area contributed by atoms with Gasteiger partial charge in [-0.2, -0.15) is 0 Å². The Morgan fingerprint density at radius 1 is 1.43 bits per heavy atom. The van der Waals surface area contributed by atoms with Gasteiger partial charge in [-0.1, -0.05) is 20.8 Å². The van der Waals surface area contributed by atoms with Crippen molar-refractivity contribution in [2.45, 2.75) is 26.2 Å². The molecule has 14 heavy (non-hydrogen) atoms. The number of rotatable bonds is 2. The van der Waals surface area contributed by atoms with Crippen LogP contribution < -0.4 is 0 Å². The summed E-state index contributed by atoms with van der Waals surface area (Å²) in [6.45, 7) is 5.87. The monoisotopic (exact) mass is 213 g/mol. The summed E-state index contributed by atoms with van der Waals surface area (Å²) in [6.07, 6.45) is 0. The molecule has 5 heteroatoms. The molecule has 1 heterocycles. The third-order valence-corrected chi connectivity index (χ3v) is 2.50. The topological polar surface area (TPSA) is 67.3 Å². The molecule has 0 atom stereocenters. The zero-order valence-corrected chi connectivity index (χ0v) is 9.01. The molecular weight excluding hydrogens is 202 g/mol. The number of carbonyl (C=O) groups is 2. The highest BCUT2D eigenvalue weighted by atomic mass is 32.1. The van der Waals surface area contributed by atoms with Gasteiger partial charge < -0.3 is 5.11 Å². The molecule has 0 unspecified atom stereocenters. The molecule has 0 saturated carbocycles. The lowest BCUT2D eigenvalue weighted by molar-refractivity contribution is -0.131. The summed E-state index contributed by atoms with van der Waals surface area (Å²) in [6, 6.07) is 0. The van der Waals surface area contributed by atoms with E-state index in [2.05, 4.69) is 4.98 Å². The number of aromatic nitrogens is 1. The van der Waals surface area contributed by atoms with Crippen molar-refractivity contribution in [2.24, 2.45) is 0 Å². The molecule has 1 aromatic heterocycles. The second kappa shape index (κ2) is 3.49. The van der Waals surface area contributed by atoms with Gasteiger partial charge in [0.15, 0.2) is 5.01 Å². The summed E-state index contributed by atoms with van der Waals surface area (Å²) >= 11 is 1.07. The van der Waals surface area contributed by atoms with E-state index in [1.165, 1.54) is 0 Å². The molecule has 1 aromatic rings. The Kier molecular flexibility index (Phi) is 2.71. The van der Waals surface area contributed by atoms with Crippen molar-refractivity contribution in [3.8, 4) is 0 Å². The zero-order valence-electron chi connectivity index (χ0n) is 8.20. The number of Topliss-reactive ketones (excluding diaryl/α,β-unsaturated/α-hetero) is 1. The lowest BCUT2D eigenvalue weighted by Gasteiger charge is -2.13. The lowest BCUT2D eigenvalue weighted by atomic mass is 9.93. The molecule has 0 radical (unpaired) electrons. The Morgan fingerprint density at radius 3 is 2.36 bits per heavy atom. The number of thiazole rings is 1. The van der Waals surface area contributed by atoms with E-state index < -0.39 is 11.8 Å². The number of nitrogens with zero attached hydrogens (tertiary/aromatic N) is 1. The first-order valence-electron chi connectivity index (χ1n) is 4.06. The molecular formula is C9H11NO3S. The van der Waals surface area contributed by atoms with Gasteiger partial charge in [-0.05, 0) is 0 Å². The molecule has 0 amide bonds. The molecule has 4 nitrogen and oxygen atoms in total. The molecule has 0 saturated heterocycles. The number of carbonyl (C=O) groups excluding carboxylic acids is 1. The van der Waals surface area contributed by atoms with E-state index in [0.717, 1.165) is 17.0 Å². The minimum absolute atomic E-state index is 0.0439. The fourth-order valence-corrected chi connectivity index (χ4v) is 1.79. The van der Waals surface area contributed by atoms with E-state index in [4.69, 9.17) is 5.11 Å². The van der Waals surface area contributed by atoms with Gasteiger partial charge in [-0.15, -0.1) is 11.3 Å². The molecule has 0 aliphatic carbocycles. The number of ketones is 1. The maximum absolute atomic E-state index is 11.0. The van der Waals surface area contributed by atoms with E-state index in [0.29, 0.717) is 0 Å². The van der Waals surface area contributed by atoms with E-state index in [-0.39, 0.29) is 10.4 Å². The Hall–Kier alpha value is -1.23. The van der Waals surface area contributed by atoms with Gasteiger partial charge >= 0.3 is 5.97 Å². The zero-order chi connectivity index (χ0) is 10.9. The number of aliphatic carboxylic acids is 1. The van der Waals surface area contributed by atoms with E-state index in [1.807, 2.05) is 20.8 Å². The smallest absolute Gasteiger partial charge is 0.379 e. The molecule has 1 rings (SSSR count). The van der Waals surface area contributed by atoms with Crippen molar-refractivity contribution in [3.05, 3.63) is 16.1 Å². The summed E-state index contributed by atoms with van der Waals surface area (Å²) < 4.78 is 0. The van der Waals surface area contributed by atoms with E-state index >= 15 is 0 Å². The first-order valence-corrected chi connectivity index (χ1v) is 4.94. The predicted octanol–water partition coefficient (Wildman–Crippen LogP) is 1.71. The van der Waals surface area contributed by atoms with Crippen molar-refractivity contribution < 1.29 is 14.7 Å². The minimum Gasteiger partial charge on any atom is -0.475 e.